The smallest absolute Gasteiger partial charge is 0.244 e. The number of ether oxygens (including phenoxy) is 1. The third-order valence-corrected chi connectivity index (χ3v) is 3.89. The van der Waals surface area contributed by atoms with Crippen LogP contribution in [-0.4, -0.2) is 24.5 Å². The highest BCUT2D eigenvalue weighted by Crippen LogP contribution is 2.24. The Hall–Kier alpha value is -2.53. The number of benzene rings is 2. The zero-order valence-electron chi connectivity index (χ0n) is 15.4. The van der Waals surface area contributed by atoms with Crippen LogP contribution in [0.15, 0.2) is 42.5 Å². The van der Waals surface area contributed by atoms with E-state index in [1.807, 2.05) is 26.8 Å². The SMILES string of the molecule is CC(=O)N(CC(=O)Nc1ccc(OC(C)C)cc1)c1cc(Cl)ccc1C. The van der Waals surface area contributed by atoms with E-state index in [1.165, 1.54) is 11.8 Å². The van der Waals surface area contributed by atoms with Crippen molar-refractivity contribution in [3.63, 3.8) is 0 Å². The number of carbonyl (C=O) groups is 2. The largest absolute Gasteiger partial charge is 0.491 e. The maximum Gasteiger partial charge on any atom is 0.244 e. The van der Waals surface area contributed by atoms with Gasteiger partial charge in [-0.25, -0.2) is 0 Å². The van der Waals surface area contributed by atoms with Crippen molar-refractivity contribution in [1.29, 1.82) is 0 Å². The van der Waals surface area contributed by atoms with Gasteiger partial charge in [-0.1, -0.05) is 17.7 Å². The lowest BCUT2D eigenvalue weighted by atomic mass is 10.1. The molecule has 0 saturated carbocycles. The number of nitrogens with zero attached hydrogens (tertiary/aromatic N) is 1. The van der Waals surface area contributed by atoms with Gasteiger partial charge in [0.25, 0.3) is 0 Å². The van der Waals surface area contributed by atoms with Crippen molar-refractivity contribution in [2.24, 2.45) is 0 Å². The van der Waals surface area contributed by atoms with Crippen molar-refractivity contribution >= 4 is 34.8 Å². The summed E-state index contributed by atoms with van der Waals surface area (Å²) in [6, 6.07) is 12.4. The molecule has 0 aliphatic rings. The summed E-state index contributed by atoms with van der Waals surface area (Å²) in [6.07, 6.45) is 0.0838. The van der Waals surface area contributed by atoms with Gasteiger partial charge in [0, 0.05) is 23.3 Å². The van der Waals surface area contributed by atoms with Crippen LogP contribution >= 0.6 is 11.6 Å². The van der Waals surface area contributed by atoms with E-state index in [-0.39, 0.29) is 24.5 Å². The average molecular weight is 375 g/mol. The van der Waals surface area contributed by atoms with Gasteiger partial charge in [0.05, 0.1) is 6.10 Å². The molecule has 2 amide bonds. The summed E-state index contributed by atoms with van der Waals surface area (Å²) < 4.78 is 5.57. The number of anilines is 2. The Bertz CT molecular complexity index is 788. The highest BCUT2D eigenvalue weighted by Gasteiger charge is 2.18. The first-order valence-electron chi connectivity index (χ1n) is 8.37. The topological polar surface area (TPSA) is 58.6 Å². The van der Waals surface area contributed by atoms with Crippen LogP contribution in [0.2, 0.25) is 5.02 Å². The minimum Gasteiger partial charge on any atom is -0.491 e. The second kappa shape index (κ2) is 8.72. The third-order valence-electron chi connectivity index (χ3n) is 3.65. The summed E-state index contributed by atoms with van der Waals surface area (Å²) in [7, 11) is 0. The summed E-state index contributed by atoms with van der Waals surface area (Å²) in [5.74, 6) is 0.209. The van der Waals surface area contributed by atoms with E-state index in [0.29, 0.717) is 16.4 Å². The fourth-order valence-corrected chi connectivity index (χ4v) is 2.64. The van der Waals surface area contributed by atoms with E-state index < -0.39 is 0 Å². The summed E-state index contributed by atoms with van der Waals surface area (Å²) in [4.78, 5) is 25.8. The Morgan fingerprint density at radius 3 is 2.38 bits per heavy atom. The van der Waals surface area contributed by atoms with Gasteiger partial charge >= 0.3 is 0 Å². The number of hydrogen-bond donors (Lipinski definition) is 1. The van der Waals surface area contributed by atoms with E-state index in [2.05, 4.69) is 5.32 Å². The Kier molecular flexibility index (Phi) is 6.64. The first-order valence-corrected chi connectivity index (χ1v) is 8.75. The van der Waals surface area contributed by atoms with E-state index in [9.17, 15) is 9.59 Å². The number of halogens is 1. The standard InChI is InChI=1S/C20H23ClN2O3/c1-13(2)26-18-9-7-17(8-10-18)22-20(25)12-23(15(4)24)19-11-16(21)6-5-14(19)3/h5-11,13H,12H2,1-4H3,(H,22,25). The minimum absolute atomic E-state index is 0.0838. The highest BCUT2D eigenvalue weighted by molar-refractivity contribution is 6.31. The normalized spacial score (nSPS) is 10.5. The molecule has 5 nitrogen and oxygen atoms in total. The Balaban J connectivity index is 2.08. The molecule has 6 heteroatoms. The highest BCUT2D eigenvalue weighted by atomic mass is 35.5. The molecule has 0 heterocycles. The van der Waals surface area contributed by atoms with E-state index >= 15 is 0 Å². The zero-order chi connectivity index (χ0) is 19.3. The molecule has 0 unspecified atom stereocenters. The van der Waals surface area contributed by atoms with Crippen molar-refractivity contribution < 1.29 is 14.3 Å². The van der Waals surface area contributed by atoms with Crippen molar-refractivity contribution in [1.82, 2.24) is 0 Å². The summed E-state index contributed by atoms with van der Waals surface area (Å²) in [5.41, 5.74) is 2.13. The van der Waals surface area contributed by atoms with Crippen LogP contribution in [-0.2, 0) is 9.59 Å². The molecule has 0 radical (unpaired) electrons. The Morgan fingerprint density at radius 1 is 1.15 bits per heavy atom. The van der Waals surface area contributed by atoms with Crippen LogP contribution in [0.25, 0.3) is 0 Å². The predicted octanol–water partition coefficient (Wildman–Crippen LogP) is 4.43. The molecule has 2 aromatic carbocycles. The number of nitrogens with one attached hydrogen (secondary N) is 1. The molecular formula is C20H23ClN2O3. The van der Waals surface area contributed by atoms with E-state index in [0.717, 1.165) is 11.3 Å². The van der Waals surface area contributed by atoms with Crippen LogP contribution in [0.3, 0.4) is 0 Å². The molecule has 0 saturated heterocycles. The van der Waals surface area contributed by atoms with Crippen LogP contribution in [0.5, 0.6) is 5.75 Å². The molecule has 2 rings (SSSR count). The van der Waals surface area contributed by atoms with Crippen molar-refractivity contribution in [3.05, 3.63) is 53.1 Å². The first kappa shape index (κ1) is 19.8. The average Bonchev–Trinajstić information content (AvgIpc) is 2.56. The molecule has 0 aromatic heterocycles. The maximum absolute atomic E-state index is 12.4. The van der Waals surface area contributed by atoms with Gasteiger partial charge in [-0.3, -0.25) is 9.59 Å². The number of hydrogen-bond acceptors (Lipinski definition) is 3. The van der Waals surface area contributed by atoms with Gasteiger partial charge in [-0.05, 0) is 62.7 Å². The quantitative estimate of drug-likeness (QED) is 0.813. The van der Waals surface area contributed by atoms with Gasteiger partial charge in [-0.15, -0.1) is 0 Å². The molecular weight excluding hydrogens is 352 g/mol. The fraction of sp³-hybridized carbons (Fsp3) is 0.300. The van der Waals surface area contributed by atoms with Gasteiger partial charge in [0.1, 0.15) is 12.3 Å². The summed E-state index contributed by atoms with van der Waals surface area (Å²) in [6.45, 7) is 7.09. The number of aryl methyl sites for hydroxylation is 1. The Labute approximate surface area is 158 Å². The molecule has 2 aromatic rings. The van der Waals surface area contributed by atoms with Crippen LogP contribution < -0.4 is 15.0 Å². The molecule has 0 fully saturated rings. The Morgan fingerprint density at radius 2 is 1.81 bits per heavy atom. The lowest BCUT2D eigenvalue weighted by Gasteiger charge is -2.23. The lowest BCUT2D eigenvalue weighted by Crippen LogP contribution is -2.37. The zero-order valence-corrected chi connectivity index (χ0v) is 16.1. The van der Waals surface area contributed by atoms with Gasteiger partial charge in [0.15, 0.2) is 0 Å². The molecule has 0 aliphatic heterocycles. The van der Waals surface area contributed by atoms with E-state index in [4.69, 9.17) is 16.3 Å². The summed E-state index contributed by atoms with van der Waals surface area (Å²) >= 11 is 6.03. The first-order chi connectivity index (χ1) is 12.3. The molecule has 0 spiro atoms. The van der Waals surface area contributed by atoms with Gasteiger partial charge in [0.2, 0.25) is 11.8 Å². The fourth-order valence-electron chi connectivity index (χ4n) is 2.47. The van der Waals surface area contributed by atoms with Crippen molar-refractivity contribution in [2.75, 3.05) is 16.8 Å². The van der Waals surface area contributed by atoms with Crippen LogP contribution in [0.4, 0.5) is 11.4 Å². The monoisotopic (exact) mass is 374 g/mol. The number of carbonyl (C=O) groups excluding carboxylic acids is 2. The second-order valence-electron chi connectivity index (χ2n) is 6.28. The summed E-state index contributed by atoms with van der Waals surface area (Å²) in [5, 5.41) is 3.30. The van der Waals surface area contributed by atoms with Crippen LogP contribution in [0.1, 0.15) is 26.3 Å². The van der Waals surface area contributed by atoms with Crippen molar-refractivity contribution in [3.8, 4) is 5.75 Å². The van der Waals surface area contributed by atoms with Gasteiger partial charge in [-0.2, -0.15) is 0 Å². The van der Waals surface area contributed by atoms with E-state index in [1.54, 1.807) is 36.4 Å². The molecule has 0 bridgehead atoms. The van der Waals surface area contributed by atoms with Gasteiger partial charge < -0.3 is 15.0 Å². The number of amides is 2. The molecule has 0 atom stereocenters. The minimum atomic E-state index is -0.294. The molecule has 0 aliphatic carbocycles. The second-order valence-corrected chi connectivity index (χ2v) is 6.71. The maximum atomic E-state index is 12.4. The number of rotatable bonds is 6. The lowest BCUT2D eigenvalue weighted by molar-refractivity contribution is -0.120. The van der Waals surface area contributed by atoms with Crippen LogP contribution in [0, 0.1) is 6.92 Å². The predicted molar refractivity (Wildman–Crippen MR) is 105 cm³/mol. The molecule has 1 N–H and O–H groups in total. The third kappa shape index (κ3) is 5.49. The van der Waals surface area contributed by atoms with Crippen molar-refractivity contribution in [2.45, 2.75) is 33.8 Å². The molecule has 26 heavy (non-hydrogen) atoms. The molecule has 138 valence electrons.